The van der Waals surface area contributed by atoms with Gasteiger partial charge in [-0.15, -0.1) is 0 Å². The smallest absolute Gasteiger partial charge is 0.161 e. The van der Waals surface area contributed by atoms with Crippen LogP contribution in [0.4, 0.5) is 0 Å². The minimum absolute atomic E-state index is 0.0399. The van der Waals surface area contributed by atoms with Crippen LogP contribution in [0.25, 0.3) is 0 Å². The number of aromatic hydroxyl groups is 2. The Morgan fingerprint density at radius 2 is 1.48 bits per heavy atom. The molecular weight excluding hydrogens is 300 g/mol. The molecule has 0 heterocycles. The number of hydrogen-bond donors (Lipinski definition) is 2. The maximum absolute atomic E-state index is 10.9. The maximum atomic E-state index is 10.9. The highest BCUT2D eigenvalue weighted by molar-refractivity contribution is 5.94. The Morgan fingerprint density at radius 1 is 0.957 bits per heavy atom. The number of Topliss-reactive ketones (excluding diaryl/α,β-unsaturated/α-hetero) is 1. The van der Waals surface area contributed by atoms with Gasteiger partial charge in [0.2, 0.25) is 0 Å². The number of rotatable bonds is 4. The minimum Gasteiger partial charge on any atom is -0.504 e. The Bertz CT molecular complexity index is 693. The summed E-state index contributed by atoms with van der Waals surface area (Å²) in [7, 11) is 2.88. The van der Waals surface area contributed by atoms with Crippen molar-refractivity contribution >= 4 is 12.1 Å². The number of ketones is 1. The van der Waals surface area contributed by atoms with Crippen molar-refractivity contribution in [2.75, 3.05) is 14.2 Å². The van der Waals surface area contributed by atoms with Crippen LogP contribution < -0.4 is 9.47 Å². The lowest BCUT2D eigenvalue weighted by Crippen LogP contribution is -1.92. The van der Waals surface area contributed by atoms with E-state index in [0.29, 0.717) is 28.9 Å². The molecule has 2 rings (SSSR count). The third-order valence-electron chi connectivity index (χ3n) is 2.93. The number of carbonyl (C=O) groups is 2. The van der Waals surface area contributed by atoms with Gasteiger partial charge < -0.3 is 19.7 Å². The highest BCUT2D eigenvalue weighted by Crippen LogP contribution is 2.26. The number of benzene rings is 2. The molecule has 6 nitrogen and oxygen atoms in total. The number of carbonyl (C=O) groups excluding carboxylic acids is 2. The number of aldehydes is 1. The minimum atomic E-state index is -0.0479. The zero-order valence-electron chi connectivity index (χ0n) is 13.1. The number of phenolic OH excluding ortho intramolecular Hbond substituents is 2. The predicted molar refractivity (Wildman–Crippen MR) is 84.7 cm³/mol. The van der Waals surface area contributed by atoms with Gasteiger partial charge in [-0.25, -0.2) is 0 Å². The van der Waals surface area contributed by atoms with E-state index >= 15 is 0 Å². The number of phenols is 2. The van der Waals surface area contributed by atoms with Crippen LogP contribution in [0.3, 0.4) is 0 Å². The fourth-order valence-electron chi connectivity index (χ4n) is 1.66. The van der Waals surface area contributed by atoms with Gasteiger partial charge in [0.1, 0.15) is 6.29 Å². The standard InChI is InChI=1S/C9H10O3.C8H8O3/c1-6(10)7-3-4-8(11)9(5-7)12-2;1-11-8-4-6(5-9)2-3-7(8)10/h3-5,11H,1-2H3;2-5,10H,1H3. The molecule has 0 spiro atoms. The van der Waals surface area contributed by atoms with E-state index in [1.165, 1.54) is 51.5 Å². The van der Waals surface area contributed by atoms with Gasteiger partial charge in [0.15, 0.2) is 28.8 Å². The zero-order valence-corrected chi connectivity index (χ0v) is 13.1. The molecule has 0 aliphatic rings. The van der Waals surface area contributed by atoms with Gasteiger partial charge in [-0.3, -0.25) is 9.59 Å². The number of hydrogen-bond acceptors (Lipinski definition) is 6. The first-order chi connectivity index (χ1) is 10.9. The van der Waals surface area contributed by atoms with E-state index in [1.807, 2.05) is 0 Å². The summed E-state index contributed by atoms with van der Waals surface area (Å²) in [5.41, 5.74) is 1.02. The summed E-state index contributed by atoms with van der Waals surface area (Å²) in [6.07, 6.45) is 0.696. The second kappa shape index (κ2) is 8.43. The highest BCUT2D eigenvalue weighted by Gasteiger charge is 2.04. The second-order valence-corrected chi connectivity index (χ2v) is 4.49. The molecule has 0 bridgehead atoms. The van der Waals surface area contributed by atoms with Gasteiger partial charge in [-0.1, -0.05) is 0 Å². The average Bonchev–Trinajstić information content (AvgIpc) is 2.56. The Balaban J connectivity index is 0.000000231. The lowest BCUT2D eigenvalue weighted by atomic mass is 10.1. The van der Waals surface area contributed by atoms with Gasteiger partial charge in [0.05, 0.1) is 14.2 Å². The molecule has 0 atom stereocenters. The third kappa shape index (κ3) is 5.03. The first kappa shape index (κ1) is 18.0. The molecule has 0 fully saturated rings. The summed E-state index contributed by atoms with van der Waals surface area (Å²) >= 11 is 0. The van der Waals surface area contributed by atoms with Crippen LogP contribution >= 0.6 is 0 Å². The topological polar surface area (TPSA) is 93.1 Å². The van der Waals surface area contributed by atoms with Crippen LogP contribution in [0.2, 0.25) is 0 Å². The molecule has 2 aromatic carbocycles. The summed E-state index contributed by atoms with van der Waals surface area (Å²) < 4.78 is 9.61. The Labute approximate surface area is 133 Å². The first-order valence-electron chi connectivity index (χ1n) is 6.63. The summed E-state index contributed by atoms with van der Waals surface area (Å²) in [5.74, 6) is 0.672. The molecule has 0 aliphatic heterocycles. The van der Waals surface area contributed by atoms with Crippen molar-refractivity contribution < 1.29 is 29.3 Å². The van der Waals surface area contributed by atoms with Gasteiger partial charge in [-0.2, -0.15) is 0 Å². The zero-order chi connectivity index (χ0) is 17.4. The molecule has 0 aliphatic carbocycles. The van der Waals surface area contributed by atoms with Crippen molar-refractivity contribution in [2.45, 2.75) is 6.92 Å². The van der Waals surface area contributed by atoms with Crippen LogP contribution in [0.5, 0.6) is 23.0 Å². The van der Waals surface area contributed by atoms with Crippen molar-refractivity contribution in [3.8, 4) is 23.0 Å². The van der Waals surface area contributed by atoms with Crippen molar-refractivity contribution in [1.82, 2.24) is 0 Å². The van der Waals surface area contributed by atoms with Gasteiger partial charge in [-0.05, 0) is 43.3 Å². The van der Waals surface area contributed by atoms with Crippen molar-refractivity contribution in [1.29, 1.82) is 0 Å². The van der Waals surface area contributed by atoms with E-state index in [9.17, 15) is 14.7 Å². The van der Waals surface area contributed by atoms with Gasteiger partial charge in [0.25, 0.3) is 0 Å². The molecule has 0 unspecified atom stereocenters. The molecule has 0 saturated carbocycles. The number of ether oxygens (including phenoxy) is 2. The van der Waals surface area contributed by atoms with E-state index in [4.69, 9.17) is 14.6 Å². The summed E-state index contributed by atoms with van der Waals surface area (Å²) in [6, 6.07) is 8.92. The molecule has 23 heavy (non-hydrogen) atoms. The molecule has 0 amide bonds. The molecule has 0 saturated heterocycles. The van der Waals surface area contributed by atoms with Gasteiger partial charge >= 0.3 is 0 Å². The highest BCUT2D eigenvalue weighted by atomic mass is 16.5. The Hall–Kier alpha value is -3.02. The van der Waals surface area contributed by atoms with E-state index in [0.717, 1.165) is 0 Å². The van der Waals surface area contributed by atoms with E-state index in [2.05, 4.69) is 0 Å². The third-order valence-corrected chi connectivity index (χ3v) is 2.93. The van der Waals surface area contributed by atoms with E-state index in [1.54, 1.807) is 6.07 Å². The normalized spacial score (nSPS) is 9.35. The Morgan fingerprint density at radius 3 is 1.96 bits per heavy atom. The molecular formula is C17H18O6. The average molecular weight is 318 g/mol. The summed E-state index contributed by atoms with van der Waals surface area (Å²) in [5, 5.41) is 18.3. The van der Waals surface area contributed by atoms with Crippen LogP contribution in [-0.2, 0) is 0 Å². The predicted octanol–water partition coefficient (Wildman–Crippen LogP) is 2.82. The van der Waals surface area contributed by atoms with Crippen molar-refractivity contribution in [3.05, 3.63) is 47.5 Å². The lowest BCUT2D eigenvalue weighted by Gasteiger charge is -2.03. The van der Waals surface area contributed by atoms with Crippen molar-refractivity contribution in [2.24, 2.45) is 0 Å². The fourth-order valence-corrected chi connectivity index (χ4v) is 1.66. The number of methoxy groups -OCH3 is 2. The quantitative estimate of drug-likeness (QED) is 0.665. The summed E-state index contributed by atoms with van der Waals surface area (Å²) in [6.45, 7) is 1.46. The van der Waals surface area contributed by atoms with Gasteiger partial charge in [0, 0.05) is 11.1 Å². The van der Waals surface area contributed by atoms with Crippen molar-refractivity contribution in [3.63, 3.8) is 0 Å². The Kier molecular flexibility index (Phi) is 6.61. The van der Waals surface area contributed by atoms with E-state index in [-0.39, 0.29) is 17.3 Å². The molecule has 2 aromatic rings. The largest absolute Gasteiger partial charge is 0.504 e. The van der Waals surface area contributed by atoms with Crippen LogP contribution in [0.15, 0.2) is 36.4 Å². The fraction of sp³-hybridized carbons (Fsp3) is 0.176. The molecule has 2 N–H and O–H groups in total. The maximum Gasteiger partial charge on any atom is 0.161 e. The van der Waals surface area contributed by atoms with Crippen LogP contribution in [0.1, 0.15) is 27.6 Å². The van der Waals surface area contributed by atoms with Crippen LogP contribution in [-0.4, -0.2) is 36.5 Å². The second-order valence-electron chi connectivity index (χ2n) is 4.49. The van der Waals surface area contributed by atoms with Crippen LogP contribution in [0, 0.1) is 0 Å². The SMILES string of the molecule is COc1cc(C(C)=O)ccc1O.COc1cc(C=O)ccc1O. The monoisotopic (exact) mass is 318 g/mol. The molecule has 6 heteroatoms. The molecule has 122 valence electrons. The molecule has 0 radical (unpaired) electrons. The molecule has 0 aromatic heterocycles. The first-order valence-corrected chi connectivity index (χ1v) is 6.63. The van der Waals surface area contributed by atoms with E-state index < -0.39 is 0 Å². The lowest BCUT2D eigenvalue weighted by molar-refractivity contribution is 0.101. The summed E-state index contributed by atoms with van der Waals surface area (Å²) in [4.78, 5) is 21.1.